The minimum absolute atomic E-state index is 0.0785. The van der Waals surface area contributed by atoms with Crippen LogP contribution in [0.25, 0.3) is 0 Å². The van der Waals surface area contributed by atoms with Gasteiger partial charge in [0.05, 0.1) is 12.6 Å². The topological polar surface area (TPSA) is 60.0 Å². The lowest BCUT2D eigenvalue weighted by Crippen LogP contribution is -2.57. The van der Waals surface area contributed by atoms with Gasteiger partial charge in [0.1, 0.15) is 5.82 Å². The molecule has 3 amide bonds. The van der Waals surface area contributed by atoms with E-state index in [2.05, 4.69) is 9.88 Å². The van der Waals surface area contributed by atoms with E-state index in [1.54, 1.807) is 18.0 Å². The summed E-state index contributed by atoms with van der Waals surface area (Å²) in [4.78, 5) is 36.8. The first-order chi connectivity index (χ1) is 12.1. The van der Waals surface area contributed by atoms with Gasteiger partial charge in [0.25, 0.3) is 0 Å². The highest BCUT2D eigenvalue weighted by molar-refractivity contribution is 5.93. The van der Waals surface area contributed by atoms with E-state index in [-0.39, 0.29) is 18.0 Å². The lowest BCUT2D eigenvalue weighted by molar-refractivity contribution is -0.130. The zero-order chi connectivity index (χ0) is 17.4. The Kier molecular flexibility index (Phi) is 4.33. The smallest absolute Gasteiger partial charge is 0.326 e. The summed E-state index contributed by atoms with van der Waals surface area (Å²) in [5, 5.41) is 0. The van der Waals surface area contributed by atoms with Gasteiger partial charge < -0.3 is 9.80 Å². The normalized spacial score (nSPS) is 25.4. The number of pyridine rings is 1. The lowest BCUT2D eigenvalue weighted by atomic mass is 10.0. The second-order valence-corrected chi connectivity index (χ2v) is 7.16. The third-order valence-electron chi connectivity index (χ3n) is 5.74. The van der Waals surface area contributed by atoms with Crippen molar-refractivity contribution < 1.29 is 9.59 Å². The molecule has 1 aromatic heterocycles. The molecule has 0 spiro atoms. The second kappa shape index (κ2) is 6.63. The van der Waals surface area contributed by atoms with Crippen LogP contribution in [0.1, 0.15) is 19.8 Å². The molecule has 3 fully saturated rings. The van der Waals surface area contributed by atoms with E-state index in [1.807, 2.05) is 28.0 Å². The Hall–Kier alpha value is -2.15. The van der Waals surface area contributed by atoms with Crippen molar-refractivity contribution in [2.24, 2.45) is 0 Å². The SMILES string of the molecule is CC(=O)N1CCC(N2CCN3C(=O)N(c4ccccn4)C[C@H]3C2)CC1. The predicted molar refractivity (Wildman–Crippen MR) is 94.3 cm³/mol. The van der Waals surface area contributed by atoms with Gasteiger partial charge in [0, 0.05) is 51.9 Å². The molecule has 7 heteroatoms. The van der Waals surface area contributed by atoms with Gasteiger partial charge in [0.15, 0.2) is 0 Å². The molecule has 0 aromatic carbocycles. The van der Waals surface area contributed by atoms with Crippen molar-refractivity contribution >= 4 is 17.8 Å². The molecule has 0 unspecified atom stereocenters. The van der Waals surface area contributed by atoms with Crippen LogP contribution < -0.4 is 4.90 Å². The third kappa shape index (κ3) is 3.08. The minimum atomic E-state index is 0.0785. The van der Waals surface area contributed by atoms with E-state index in [9.17, 15) is 9.59 Å². The van der Waals surface area contributed by atoms with Crippen LogP contribution in [0.3, 0.4) is 0 Å². The van der Waals surface area contributed by atoms with Crippen molar-refractivity contribution in [2.75, 3.05) is 44.2 Å². The number of piperazine rings is 1. The molecule has 134 valence electrons. The average molecular weight is 343 g/mol. The summed E-state index contributed by atoms with van der Waals surface area (Å²) in [6.07, 6.45) is 3.80. The van der Waals surface area contributed by atoms with Gasteiger partial charge in [-0.25, -0.2) is 9.78 Å². The molecule has 4 rings (SSSR count). The number of hydrogen-bond acceptors (Lipinski definition) is 4. The number of hydrogen-bond donors (Lipinski definition) is 0. The number of fused-ring (bicyclic) bond motifs is 1. The molecule has 4 heterocycles. The fourth-order valence-electron chi connectivity index (χ4n) is 4.31. The van der Waals surface area contributed by atoms with Crippen LogP contribution >= 0.6 is 0 Å². The van der Waals surface area contributed by atoms with Crippen molar-refractivity contribution in [3.05, 3.63) is 24.4 Å². The number of nitrogens with zero attached hydrogens (tertiary/aromatic N) is 5. The molecule has 0 radical (unpaired) electrons. The van der Waals surface area contributed by atoms with Crippen LogP contribution in [0.2, 0.25) is 0 Å². The number of anilines is 1. The molecule has 1 atom stereocenters. The van der Waals surface area contributed by atoms with Crippen LogP contribution in [-0.2, 0) is 4.79 Å². The van der Waals surface area contributed by atoms with Crippen molar-refractivity contribution in [2.45, 2.75) is 31.8 Å². The molecular weight excluding hydrogens is 318 g/mol. The average Bonchev–Trinajstić information content (AvgIpc) is 2.99. The molecule has 0 bridgehead atoms. The molecule has 0 saturated carbocycles. The predicted octanol–water partition coefficient (Wildman–Crippen LogP) is 1.02. The zero-order valence-electron chi connectivity index (χ0n) is 14.7. The van der Waals surface area contributed by atoms with Gasteiger partial charge >= 0.3 is 6.03 Å². The summed E-state index contributed by atoms with van der Waals surface area (Å²) in [5.74, 6) is 0.916. The first-order valence-corrected chi connectivity index (χ1v) is 9.12. The fraction of sp³-hybridized carbons (Fsp3) is 0.611. The zero-order valence-corrected chi connectivity index (χ0v) is 14.7. The molecule has 3 aliphatic rings. The van der Waals surface area contributed by atoms with Crippen LogP contribution in [0.4, 0.5) is 10.6 Å². The molecule has 0 aliphatic carbocycles. The van der Waals surface area contributed by atoms with Crippen LogP contribution in [0, 0.1) is 0 Å². The van der Waals surface area contributed by atoms with Crippen molar-refractivity contribution in [3.63, 3.8) is 0 Å². The third-order valence-corrected chi connectivity index (χ3v) is 5.74. The van der Waals surface area contributed by atoms with Crippen molar-refractivity contribution in [1.29, 1.82) is 0 Å². The Labute approximate surface area is 148 Å². The number of amides is 3. The van der Waals surface area contributed by atoms with Gasteiger partial charge in [-0.2, -0.15) is 0 Å². The van der Waals surface area contributed by atoms with Crippen molar-refractivity contribution in [1.82, 2.24) is 19.7 Å². The lowest BCUT2D eigenvalue weighted by Gasteiger charge is -2.43. The highest BCUT2D eigenvalue weighted by Gasteiger charge is 2.43. The molecule has 3 aliphatic heterocycles. The van der Waals surface area contributed by atoms with E-state index < -0.39 is 0 Å². The molecular formula is C18H25N5O2. The largest absolute Gasteiger partial charge is 0.343 e. The number of urea groups is 1. The molecule has 3 saturated heterocycles. The summed E-state index contributed by atoms with van der Waals surface area (Å²) in [6.45, 7) is 6.67. The molecule has 0 N–H and O–H groups in total. The highest BCUT2D eigenvalue weighted by Crippen LogP contribution is 2.27. The standard InChI is InChI=1S/C18H25N5O2/c1-14(24)20-8-5-15(6-9-20)21-10-11-22-16(12-21)13-23(18(22)25)17-4-2-3-7-19-17/h2-4,7,15-16H,5-6,8-13H2,1H3/t16-/m1/s1. The Morgan fingerprint density at radius 2 is 1.88 bits per heavy atom. The number of aromatic nitrogens is 1. The second-order valence-electron chi connectivity index (χ2n) is 7.16. The monoisotopic (exact) mass is 343 g/mol. The maximum absolute atomic E-state index is 12.7. The van der Waals surface area contributed by atoms with Gasteiger partial charge in [-0.05, 0) is 25.0 Å². The highest BCUT2D eigenvalue weighted by atomic mass is 16.2. The molecule has 7 nitrogen and oxygen atoms in total. The first kappa shape index (κ1) is 16.3. The molecule has 1 aromatic rings. The van der Waals surface area contributed by atoms with E-state index in [0.29, 0.717) is 12.6 Å². The summed E-state index contributed by atoms with van der Waals surface area (Å²) < 4.78 is 0. The number of likely N-dealkylation sites (tertiary alicyclic amines) is 1. The summed E-state index contributed by atoms with van der Waals surface area (Å²) in [5.41, 5.74) is 0. The van der Waals surface area contributed by atoms with Crippen LogP contribution in [0.15, 0.2) is 24.4 Å². The number of carbonyl (C=O) groups excluding carboxylic acids is 2. The summed E-state index contributed by atoms with van der Waals surface area (Å²) >= 11 is 0. The van der Waals surface area contributed by atoms with Gasteiger partial charge in [-0.1, -0.05) is 6.07 Å². The van der Waals surface area contributed by atoms with E-state index in [4.69, 9.17) is 0 Å². The van der Waals surface area contributed by atoms with Crippen molar-refractivity contribution in [3.8, 4) is 0 Å². The van der Waals surface area contributed by atoms with E-state index >= 15 is 0 Å². The Morgan fingerprint density at radius 3 is 2.56 bits per heavy atom. The summed E-state index contributed by atoms with van der Waals surface area (Å²) in [7, 11) is 0. The van der Waals surface area contributed by atoms with E-state index in [0.717, 1.165) is 51.4 Å². The fourth-order valence-corrected chi connectivity index (χ4v) is 4.31. The quantitative estimate of drug-likeness (QED) is 0.804. The van der Waals surface area contributed by atoms with Gasteiger partial charge in [-0.3, -0.25) is 14.6 Å². The minimum Gasteiger partial charge on any atom is -0.343 e. The van der Waals surface area contributed by atoms with Gasteiger partial charge in [0.2, 0.25) is 5.91 Å². The Morgan fingerprint density at radius 1 is 1.08 bits per heavy atom. The number of carbonyl (C=O) groups is 2. The maximum atomic E-state index is 12.7. The Bertz CT molecular complexity index is 644. The number of rotatable bonds is 2. The Balaban J connectivity index is 1.39. The number of piperidine rings is 1. The summed E-state index contributed by atoms with van der Waals surface area (Å²) in [6, 6.07) is 6.51. The first-order valence-electron chi connectivity index (χ1n) is 9.12. The maximum Gasteiger partial charge on any atom is 0.326 e. The van der Waals surface area contributed by atoms with Crippen LogP contribution in [0.5, 0.6) is 0 Å². The van der Waals surface area contributed by atoms with E-state index in [1.165, 1.54) is 0 Å². The van der Waals surface area contributed by atoms with Crippen LogP contribution in [-0.4, -0.2) is 83.0 Å². The van der Waals surface area contributed by atoms with Gasteiger partial charge in [-0.15, -0.1) is 0 Å². The molecule has 25 heavy (non-hydrogen) atoms.